The fourth-order valence-corrected chi connectivity index (χ4v) is 5.31. The number of hydrogen-bond donors (Lipinski definition) is 0. The number of benzene rings is 2. The van der Waals surface area contributed by atoms with E-state index in [0.717, 1.165) is 32.8 Å². The van der Waals surface area contributed by atoms with E-state index in [-0.39, 0.29) is 11.6 Å². The zero-order chi connectivity index (χ0) is 28.5. The molecule has 4 aromatic rings. The standard InChI is InChI=1S/C28H34Br2F2N2O6/c1-35-7-9-39-13-11-37-5-3-33-25-17-21(29)23(31)15-19(25)28-27(33)20-16-24(32)22(30)18-26(20)34(28)4-6-38-12-14-40-10-8-36-2/h15-18H,3-14H2,1-2H3. The molecular weight excluding hydrogens is 658 g/mol. The average molecular weight is 692 g/mol. The summed E-state index contributed by atoms with van der Waals surface area (Å²) in [5.41, 5.74) is 3.28. The summed E-state index contributed by atoms with van der Waals surface area (Å²) in [6.45, 7) is 5.63. The second kappa shape index (κ2) is 15.5. The summed E-state index contributed by atoms with van der Waals surface area (Å²) in [5, 5.41) is 1.46. The van der Waals surface area contributed by atoms with E-state index in [0.29, 0.717) is 88.1 Å². The molecule has 0 aliphatic carbocycles. The molecule has 0 N–H and O–H groups in total. The molecule has 2 aromatic heterocycles. The Morgan fingerprint density at radius 1 is 0.550 bits per heavy atom. The highest BCUT2D eigenvalue weighted by atomic mass is 79.9. The van der Waals surface area contributed by atoms with Crippen LogP contribution in [0.4, 0.5) is 8.78 Å². The van der Waals surface area contributed by atoms with Crippen LogP contribution < -0.4 is 0 Å². The lowest BCUT2D eigenvalue weighted by Crippen LogP contribution is -2.11. The highest BCUT2D eigenvalue weighted by Gasteiger charge is 2.22. The van der Waals surface area contributed by atoms with Crippen molar-refractivity contribution < 1.29 is 37.2 Å². The van der Waals surface area contributed by atoms with E-state index in [9.17, 15) is 8.78 Å². The maximum atomic E-state index is 14.8. The molecule has 0 amide bonds. The molecule has 220 valence electrons. The zero-order valence-corrected chi connectivity index (χ0v) is 25.8. The first-order valence-corrected chi connectivity index (χ1v) is 14.6. The molecule has 0 radical (unpaired) electrons. The number of fused-ring (bicyclic) bond motifs is 5. The van der Waals surface area contributed by atoms with Crippen LogP contribution in [0.3, 0.4) is 0 Å². The Kier molecular flexibility index (Phi) is 12.2. The van der Waals surface area contributed by atoms with Crippen molar-refractivity contribution in [3.8, 4) is 0 Å². The van der Waals surface area contributed by atoms with Crippen LogP contribution in [0.15, 0.2) is 33.2 Å². The minimum atomic E-state index is -0.371. The van der Waals surface area contributed by atoms with Crippen molar-refractivity contribution in [1.29, 1.82) is 0 Å². The number of ether oxygens (including phenoxy) is 6. The molecule has 2 aromatic carbocycles. The molecule has 8 nitrogen and oxygen atoms in total. The van der Waals surface area contributed by atoms with Gasteiger partial charge in [-0.3, -0.25) is 0 Å². The summed E-state index contributed by atoms with van der Waals surface area (Å²) in [7, 11) is 3.25. The van der Waals surface area contributed by atoms with Crippen molar-refractivity contribution in [1.82, 2.24) is 9.13 Å². The van der Waals surface area contributed by atoms with Crippen LogP contribution in [0.25, 0.3) is 32.8 Å². The van der Waals surface area contributed by atoms with Crippen LogP contribution in [-0.2, 0) is 41.5 Å². The predicted molar refractivity (Wildman–Crippen MR) is 157 cm³/mol. The first kappa shape index (κ1) is 31.3. The first-order chi connectivity index (χ1) is 19.5. The molecule has 0 saturated carbocycles. The third-order valence-corrected chi connectivity index (χ3v) is 7.67. The van der Waals surface area contributed by atoms with Crippen molar-refractivity contribution in [2.45, 2.75) is 13.1 Å². The minimum absolute atomic E-state index is 0.357. The van der Waals surface area contributed by atoms with Crippen LogP contribution in [0.1, 0.15) is 0 Å². The van der Waals surface area contributed by atoms with E-state index in [2.05, 4.69) is 41.0 Å². The molecule has 0 unspecified atom stereocenters. The third kappa shape index (κ3) is 7.40. The average Bonchev–Trinajstić information content (AvgIpc) is 3.39. The normalized spacial score (nSPS) is 12.1. The largest absolute Gasteiger partial charge is 0.382 e. The van der Waals surface area contributed by atoms with Gasteiger partial charge in [-0.15, -0.1) is 0 Å². The molecule has 4 rings (SSSR count). The van der Waals surface area contributed by atoms with Gasteiger partial charge < -0.3 is 37.6 Å². The number of halogens is 4. The van der Waals surface area contributed by atoms with Gasteiger partial charge in [0.1, 0.15) is 11.6 Å². The van der Waals surface area contributed by atoms with Crippen LogP contribution in [0.5, 0.6) is 0 Å². The summed E-state index contributed by atoms with van der Waals surface area (Å²) in [6, 6.07) is 6.57. The second-order valence-electron chi connectivity index (χ2n) is 9.00. The molecule has 0 saturated heterocycles. The van der Waals surface area contributed by atoms with Crippen LogP contribution in [-0.4, -0.2) is 89.4 Å². The van der Waals surface area contributed by atoms with Crippen molar-refractivity contribution in [2.24, 2.45) is 0 Å². The number of hydrogen-bond acceptors (Lipinski definition) is 6. The molecule has 2 heterocycles. The van der Waals surface area contributed by atoms with Gasteiger partial charge in [0.05, 0.1) is 97.1 Å². The van der Waals surface area contributed by atoms with Crippen molar-refractivity contribution in [2.75, 3.05) is 80.3 Å². The van der Waals surface area contributed by atoms with Gasteiger partial charge in [-0.25, -0.2) is 8.78 Å². The van der Waals surface area contributed by atoms with Crippen LogP contribution >= 0.6 is 31.9 Å². The maximum absolute atomic E-state index is 14.8. The predicted octanol–water partition coefficient (Wildman–Crippen LogP) is 5.91. The SMILES string of the molecule is COCCOCCOCCn1c2cc(Br)c(F)cc2c2c1c1cc(F)c(Br)cc1n2CCOCCOCCOC. The molecule has 40 heavy (non-hydrogen) atoms. The topological polar surface area (TPSA) is 65.2 Å². The monoisotopic (exact) mass is 690 g/mol. The van der Waals surface area contributed by atoms with Crippen molar-refractivity contribution in [3.05, 3.63) is 44.8 Å². The van der Waals surface area contributed by atoms with E-state index in [1.165, 1.54) is 12.1 Å². The second-order valence-corrected chi connectivity index (χ2v) is 10.7. The van der Waals surface area contributed by atoms with Crippen LogP contribution in [0.2, 0.25) is 0 Å². The van der Waals surface area contributed by atoms with E-state index in [1.54, 1.807) is 26.4 Å². The molecule has 0 bridgehead atoms. The van der Waals surface area contributed by atoms with Crippen LogP contribution in [0, 0.1) is 11.6 Å². The summed E-state index contributed by atoms with van der Waals surface area (Å²) in [5.74, 6) is -0.741. The van der Waals surface area contributed by atoms with Gasteiger partial charge >= 0.3 is 0 Å². The Balaban J connectivity index is 1.63. The highest BCUT2D eigenvalue weighted by molar-refractivity contribution is 9.10. The summed E-state index contributed by atoms with van der Waals surface area (Å²) in [4.78, 5) is 0. The van der Waals surface area contributed by atoms with Crippen molar-refractivity contribution >= 4 is 64.7 Å². The molecule has 0 aliphatic rings. The Bertz CT molecular complexity index is 1310. The van der Waals surface area contributed by atoms with Gasteiger partial charge in [-0.2, -0.15) is 0 Å². The minimum Gasteiger partial charge on any atom is -0.382 e. The molecule has 0 atom stereocenters. The quantitative estimate of drug-likeness (QED) is 0.121. The van der Waals surface area contributed by atoms with Gasteiger partial charge in [0.2, 0.25) is 0 Å². The number of nitrogens with zero attached hydrogens (tertiary/aromatic N) is 2. The Morgan fingerprint density at radius 2 is 0.900 bits per heavy atom. The molecule has 0 aliphatic heterocycles. The first-order valence-electron chi connectivity index (χ1n) is 13.0. The fourth-order valence-electron chi connectivity index (χ4n) is 4.65. The Labute approximate surface area is 248 Å². The number of methoxy groups -OCH3 is 2. The van der Waals surface area contributed by atoms with E-state index < -0.39 is 0 Å². The zero-order valence-electron chi connectivity index (χ0n) is 22.7. The molecular formula is C28H34Br2F2N2O6. The summed E-state index contributed by atoms with van der Waals surface area (Å²) in [6.07, 6.45) is 0. The Hall–Kier alpha value is -1.64. The van der Waals surface area contributed by atoms with Gasteiger partial charge in [-0.1, -0.05) is 0 Å². The molecule has 0 fully saturated rings. The van der Waals surface area contributed by atoms with E-state index >= 15 is 0 Å². The lowest BCUT2D eigenvalue weighted by atomic mass is 10.2. The van der Waals surface area contributed by atoms with E-state index in [4.69, 9.17) is 28.4 Å². The maximum Gasteiger partial charge on any atom is 0.138 e. The smallest absolute Gasteiger partial charge is 0.138 e. The van der Waals surface area contributed by atoms with Crippen molar-refractivity contribution in [3.63, 3.8) is 0 Å². The summed E-state index contributed by atoms with van der Waals surface area (Å²) >= 11 is 6.66. The third-order valence-electron chi connectivity index (χ3n) is 6.46. The van der Waals surface area contributed by atoms with Gasteiger partial charge in [0, 0.05) is 38.1 Å². The lowest BCUT2D eigenvalue weighted by molar-refractivity contribution is 0.0233. The Morgan fingerprint density at radius 3 is 1.27 bits per heavy atom. The highest BCUT2D eigenvalue weighted by Crippen LogP contribution is 2.40. The molecule has 12 heteroatoms. The lowest BCUT2D eigenvalue weighted by Gasteiger charge is -2.11. The van der Waals surface area contributed by atoms with Gasteiger partial charge in [0.25, 0.3) is 0 Å². The van der Waals surface area contributed by atoms with E-state index in [1.807, 2.05) is 0 Å². The number of aromatic nitrogens is 2. The summed E-state index contributed by atoms with van der Waals surface area (Å²) < 4.78 is 67.1. The fraction of sp³-hybridized carbons (Fsp3) is 0.500. The molecule has 0 spiro atoms. The van der Waals surface area contributed by atoms with Gasteiger partial charge in [-0.05, 0) is 56.1 Å². The number of rotatable bonds is 18. The van der Waals surface area contributed by atoms with Gasteiger partial charge in [0.15, 0.2) is 0 Å².